The molecule has 0 saturated heterocycles. The van der Waals surface area contributed by atoms with Crippen molar-refractivity contribution in [1.29, 1.82) is 0 Å². The summed E-state index contributed by atoms with van der Waals surface area (Å²) < 4.78 is 26.2. The van der Waals surface area contributed by atoms with Crippen molar-refractivity contribution in [3.8, 4) is 0 Å². The van der Waals surface area contributed by atoms with Gasteiger partial charge in [-0.2, -0.15) is 4.72 Å². The number of anilines is 1. The highest BCUT2D eigenvalue weighted by Crippen LogP contribution is 2.26. The van der Waals surface area contributed by atoms with E-state index in [1.807, 2.05) is 13.0 Å². The minimum atomic E-state index is -3.33. The molecule has 1 aliphatic heterocycles. The molecule has 0 aromatic heterocycles. The predicted octanol–water partition coefficient (Wildman–Crippen LogP) is 1.52. The normalized spacial score (nSPS) is 22.9. The Morgan fingerprint density at radius 3 is 2.80 bits per heavy atom. The molecular formula is C10H14N2O2S. The van der Waals surface area contributed by atoms with Crippen molar-refractivity contribution in [3.05, 3.63) is 24.3 Å². The van der Waals surface area contributed by atoms with Gasteiger partial charge in [0.05, 0.1) is 11.9 Å². The molecule has 82 valence electrons. The molecule has 2 rings (SSSR count). The fourth-order valence-corrected chi connectivity index (χ4v) is 3.06. The van der Waals surface area contributed by atoms with Crippen LogP contribution in [0.5, 0.6) is 0 Å². The summed E-state index contributed by atoms with van der Waals surface area (Å²) in [5.41, 5.74) is 0.690. The van der Waals surface area contributed by atoms with Crippen LogP contribution in [0.15, 0.2) is 29.2 Å². The highest BCUT2D eigenvalue weighted by atomic mass is 32.2. The number of fused-ring (bicyclic) bond motifs is 1. The molecule has 0 unspecified atom stereocenters. The Morgan fingerprint density at radius 2 is 2.07 bits per heavy atom. The Balaban J connectivity index is 2.40. The van der Waals surface area contributed by atoms with Crippen LogP contribution in [0.3, 0.4) is 0 Å². The molecule has 0 aliphatic carbocycles. The zero-order valence-corrected chi connectivity index (χ0v) is 9.34. The molecule has 0 amide bonds. The molecule has 5 heteroatoms. The number of benzene rings is 1. The summed E-state index contributed by atoms with van der Waals surface area (Å²) in [6.45, 7) is 2.02. The minimum Gasteiger partial charge on any atom is -0.368 e. The lowest BCUT2D eigenvalue weighted by Gasteiger charge is -2.27. The van der Waals surface area contributed by atoms with E-state index in [-0.39, 0.29) is 6.17 Å². The van der Waals surface area contributed by atoms with Crippen molar-refractivity contribution in [2.75, 3.05) is 5.32 Å². The monoisotopic (exact) mass is 226 g/mol. The Hall–Kier alpha value is -1.07. The molecule has 0 fully saturated rings. The number of nitrogens with one attached hydrogen (secondary N) is 2. The van der Waals surface area contributed by atoms with E-state index in [1.54, 1.807) is 18.2 Å². The Kier molecular flexibility index (Phi) is 2.67. The summed E-state index contributed by atoms with van der Waals surface area (Å²) in [5.74, 6) is 0. The molecular weight excluding hydrogens is 212 g/mol. The third-order valence-electron chi connectivity index (χ3n) is 2.38. The quantitative estimate of drug-likeness (QED) is 0.803. The van der Waals surface area contributed by atoms with Gasteiger partial charge in [0.25, 0.3) is 0 Å². The van der Waals surface area contributed by atoms with E-state index in [9.17, 15) is 8.42 Å². The highest BCUT2D eigenvalue weighted by Gasteiger charge is 2.27. The van der Waals surface area contributed by atoms with Crippen molar-refractivity contribution in [2.45, 2.75) is 30.8 Å². The fraction of sp³-hybridized carbons (Fsp3) is 0.400. The van der Waals surface area contributed by atoms with Gasteiger partial charge in [-0.25, -0.2) is 8.42 Å². The van der Waals surface area contributed by atoms with Crippen molar-refractivity contribution in [2.24, 2.45) is 0 Å². The molecule has 1 heterocycles. The predicted molar refractivity (Wildman–Crippen MR) is 59.1 cm³/mol. The van der Waals surface area contributed by atoms with Crippen LogP contribution in [0.1, 0.15) is 19.8 Å². The van der Waals surface area contributed by atoms with E-state index in [0.29, 0.717) is 10.6 Å². The Bertz CT molecular complexity index is 456. The first-order valence-corrected chi connectivity index (χ1v) is 6.49. The van der Waals surface area contributed by atoms with Crippen LogP contribution in [-0.2, 0) is 10.0 Å². The van der Waals surface area contributed by atoms with Crippen LogP contribution >= 0.6 is 0 Å². The minimum absolute atomic E-state index is 0.185. The highest BCUT2D eigenvalue weighted by molar-refractivity contribution is 7.89. The average Bonchev–Trinajstić information content (AvgIpc) is 2.17. The van der Waals surface area contributed by atoms with Crippen molar-refractivity contribution < 1.29 is 8.42 Å². The van der Waals surface area contributed by atoms with E-state index < -0.39 is 10.0 Å². The second kappa shape index (κ2) is 3.83. The number of sulfonamides is 1. The summed E-state index contributed by atoms with van der Waals surface area (Å²) >= 11 is 0. The second-order valence-electron chi connectivity index (χ2n) is 3.60. The molecule has 0 spiro atoms. The first kappa shape index (κ1) is 10.4. The van der Waals surface area contributed by atoms with Crippen LogP contribution in [0.25, 0.3) is 0 Å². The zero-order valence-electron chi connectivity index (χ0n) is 8.53. The molecule has 0 saturated carbocycles. The largest absolute Gasteiger partial charge is 0.368 e. The fourth-order valence-electron chi connectivity index (χ4n) is 1.71. The van der Waals surface area contributed by atoms with Gasteiger partial charge in [-0.3, -0.25) is 0 Å². The topological polar surface area (TPSA) is 58.2 Å². The van der Waals surface area contributed by atoms with Crippen LogP contribution in [-0.4, -0.2) is 14.6 Å². The first-order chi connectivity index (χ1) is 7.13. The van der Waals surface area contributed by atoms with E-state index >= 15 is 0 Å². The van der Waals surface area contributed by atoms with Gasteiger partial charge >= 0.3 is 0 Å². The SMILES string of the molecule is CCC[C@@H]1Nc2ccccc2S(=O)(=O)N1. The number of hydrogen-bond acceptors (Lipinski definition) is 3. The van der Waals surface area contributed by atoms with E-state index in [0.717, 1.165) is 12.8 Å². The maximum Gasteiger partial charge on any atom is 0.244 e. The van der Waals surface area contributed by atoms with Gasteiger partial charge in [0.15, 0.2) is 0 Å². The molecule has 2 N–H and O–H groups in total. The molecule has 15 heavy (non-hydrogen) atoms. The van der Waals surface area contributed by atoms with Crippen LogP contribution in [0.4, 0.5) is 5.69 Å². The summed E-state index contributed by atoms with van der Waals surface area (Å²) in [4.78, 5) is 0.331. The van der Waals surface area contributed by atoms with E-state index in [1.165, 1.54) is 0 Å². The maximum atomic E-state index is 11.8. The van der Waals surface area contributed by atoms with Gasteiger partial charge in [0.1, 0.15) is 4.90 Å². The van der Waals surface area contributed by atoms with Gasteiger partial charge in [0.2, 0.25) is 10.0 Å². The second-order valence-corrected chi connectivity index (χ2v) is 5.29. The molecule has 0 radical (unpaired) electrons. The molecule has 1 atom stereocenters. The van der Waals surface area contributed by atoms with Gasteiger partial charge in [-0.1, -0.05) is 25.5 Å². The van der Waals surface area contributed by atoms with E-state index in [4.69, 9.17) is 0 Å². The zero-order chi connectivity index (χ0) is 10.9. The lowest BCUT2D eigenvalue weighted by Crippen LogP contribution is -2.44. The molecule has 1 aliphatic rings. The third-order valence-corrected chi connectivity index (χ3v) is 3.91. The average molecular weight is 226 g/mol. The van der Waals surface area contributed by atoms with Crippen molar-refractivity contribution in [3.63, 3.8) is 0 Å². The van der Waals surface area contributed by atoms with Gasteiger partial charge in [-0.15, -0.1) is 0 Å². The molecule has 1 aromatic rings. The lowest BCUT2D eigenvalue weighted by molar-refractivity contribution is 0.540. The Morgan fingerprint density at radius 1 is 1.33 bits per heavy atom. The lowest BCUT2D eigenvalue weighted by atomic mass is 10.2. The number of rotatable bonds is 2. The summed E-state index contributed by atoms with van der Waals surface area (Å²) in [7, 11) is -3.33. The maximum absolute atomic E-state index is 11.8. The number of para-hydroxylation sites is 1. The van der Waals surface area contributed by atoms with Crippen molar-refractivity contribution >= 4 is 15.7 Å². The summed E-state index contributed by atoms with van der Waals surface area (Å²) in [6, 6.07) is 6.94. The van der Waals surface area contributed by atoms with Crippen LogP contribution in [0, 0.1) is 0 Å². The molecule has 1 aromatic carbocycles. The molecule has 4 nitrogen and oxygen atoms in total. The van der Waals surface area contributed by atoms with Gasteiger partial charge in [-0.05, 0) is 18.6 Å². The van der Waals surface area contributed by atoms with Gasteiger partial charge < -0.3 is 5.32 Å². The smallest absolute Gasteiger partial charge is 0.244 e. The van der Waals surface area contributed by atoms with Crippen molar-refractivity contribution in [1.82, 2.24) is 4.72 Å². The summed E-state index contributed by atoms with van der Waals surface area (Å²) in [5, 5.41) is 3.16. The van der Waals surface area contributed by atoms with Crippen LogP contribution < -0.4 is 10.0 Å². The van der Waals surface area contributed by atoms with Crippen LogP contribution in [0.2, 0.25) is 0 Å². The number of hydrogen-bond donors (Lipinski definition) is 2. The van der Waals surface area contributed by atoms with E-state index in [2.05, 4.69) is 10.0 Å². The summed E-state index contributed by atoms with van der Waals surface area (Å²) in [6.07, 6.45) is 1.53. The third kappa shape index (κ3) is 1.98. The standard InChI is InChI=1S/C10H14N2O2S/c1-2-5-10-11-8-6-3-4-7-9(8)15(13,14)12-10/h3-4,6-7,10-12H,2,5H2,1H3/t10-/m1/s1. The van der Waals surface area contributed by atoms with Gasteiger partial charge in [0, 0.05) is 0 Å². The molecule has 0 bridgehead atoms. The first-order valence-electron chi connectivity index (χ1n) is 5.01. The Labute approximate surface area is 89.7 Å².